The third kappa shape index (κ3) is 3.22. The molecule has 1 saturated heterocycles. The molecule has 2 aliphatic rings. The van der Waals surface area contributed by atoms with Gasteiger partial charge in [-0.2, -0.15) is 0 Å². The molecule has 0 N–H and O–H groups in total. The van der Waals surface area contributed by atoms with E-state index in [-0.39, 0.29) is 5.41 Å². The van der Waals surface area contributed by atoms with Gasteiger partial charge in [0.2, 0.25) is 5.79 Å². The van der Waals surface area contributed by atoms with E-state index in [4.69, 9.17) is 9.47 Å². The number of ether oxygens (including phenoxy) is 2. The van der Waals surface area contributed by atoms with Crippen LogP contribution in [0, 0.1) is 5.41 Å². The van der Waals surface area contributed by atoms with E-state index in [1.807, 2.05) is 18.2 Å². The first-order valence-electron chi connectivity index (χ1n) is 8.34. The molecule has 0 unspecified atom stereocenters. The highest BCUT2D eigenvalue weighted by Crippen LogP contribution is 2.44. The summed E-state index contributed by atoms with van der Waals surface area (Å²) in [5.41, 5.74) is 3.69. The van der Waals surface area contributed by atoms with Gasteiger partial charge in [-0.3, -0.25) is 0 Å². The van der Waals surface area contributed by atoms with E-state index in [1.54, 1.807) is 0 Å². The summed E-state index contributed by atoms with van der Waals surface area (Å²) in [6.07, 6.45) is 6.35. The third-order valence-electron chi connectivity index (χ3n) is 4.61. The minimum absolute atomic E-state index is 0.0537. The highest BCUT2D eigenvalue weighted by molar-refractivity contribution is 5.36. The molecular weight excluding hydrogens is 286 g/mol. The van der Waals surface area contributed by atoms with E-state index >= 15 is 0 Å². The predicted octanol–water partition coefficient (Wildman–Crippen LogP) is 4.08. The Morgan fingerprint density at radius 1 is 0.913 bits per heavy atom. The number of hydrogen-bond donors (Lipinski definition) is 0. The van der Waals surface area contributed by atoms with Crippen molar-refractivity contribution < 1.29 is 9.47 Å². The topological polar surface area (TPSA) is 21.7 Å². The van der Waals surface area contributed by atoms with Gasteiger partial charge >= 0.3 is 0 Å². The van der Waals surface area contributed by atoms with Crippen molar-refractivity contribution in [2.24, 2.45) is 5.41 Å². The summed E-state index contributed by atoms with van der Waals surface area (Å²) in [5, 5.41) is 0. The molecule has 0 saturated carbocycles. The average Bonchev–Trinajstić information content (AvgIpc) is 2.56. The van der Waals surface area contributed by atoms with Crippen LogP contribution in [0.15, 0.2) is 53.8 Å². The van der Waals surface area contributed by atoms with Gasteiger partial charge in [0.1, 0.15) is 0 Å². The Balaban J connectivity index is 1.98. The van der Waals surface area contributed by atoms with Gasteiger partial charge in [-0.15, -0.1) is 0 Å². The second kappa shape index (κ2) is 6.14. The van der Waals surface area contributed by atoms with Crippen LogP contribution in [0.5, 0.6) is 0 Å². The molecule has 0 bridgehead atoms. The van der Waals surface area contributed by atoms with Crippen LogP contribution in [-0.2, 0) is 15.3 Å². The largest absolute Gasteiger partial charge is 0.381 e. The lowest BCUT2D eigenvalue weighted by molar-refractivity contribution is -0.287. The van der Waals surface area contributed by atoms with E-state index in [2.05, 4.69) is 57.1 Å². The first kappa shape index (κ1) is 16.3. The van der Waals surface area contributed by atoms with Crippen molar-refractivity contribution in [3.63, 3.8) is 0 Å². The maximum atomic E-state index is 6.37. The Morgan fingerprint density at radius 2 is 1.57 bits per heavy atom. The van der Waals surface area contributed by atoms with Gasteiger partial charge in [-0.1, -0.05) is 50.3 Å². The molecule has 0 radical (unpaired) electrons. The van der Waals surface area contributed by atoms with E-state index in [0.717, 1.165) is 18.4 Å². The molecule has 0 aromatic heterocycles. The van der Waals surface area contributed by atoms with Crippen molar-refractivity contribution in [3.05, 3.63) is 59.3 Å². The minimum atomic E-state index is -0.731. The molecule has 0 atom stereocenters. The Bertz CT molecular complexity index is 604. The predicted molar refractivity (Wildman–Crippen MR) is 92.9 cm³/mol. The second-order valence-corrected chi connectivity index (χ2v) is 7.47. The number of hydrogen-bond acceptors (Lipinski definition) is 3. The molecule has 1 aromatic rings. The highest BCUT2D eigenvalue weighted by atomic mass is 16.7. The van der Waals surface area contributed by atoms with Gasteiger partial charge in [0.05, 0.1) is 13.2 Å². The van der Waals surface area contributed by atoms with Gasteiger partial charge in [0, 0.05) is 30.8 Å². The lowest BCUT2D eigenvalue weighted by Gasteiger charge is -2.45. The number of nitrogens with zero attached hydrogens (tertiary/aromatic N) is 1. The molecule has 0 amide bonds. The number of allylic oxidation sites excluding steroid dienone is 3. The van der Waals surface area contributed by atoms with Crippen LogP contribution in [-0.4, -0.2) is 32.2 Å². The van der Waals surface area contributed by atoms with Crippen LogP contribution in [0.1, 0.15) is 32.3 Å². The Hall–Kier alpha value is -1.58. The smallest absolute Gasteiger partial charge is 0.218 e. The van der Waals surface area contributed by atoms with Crippen LogP contribution in [0.25, 0.3) is 0 Å². The van der Waals surface area contributed by atoms with Gasteiger partial charge in [0.15, 0.2) is 0 Å². The summed E-state index contributed by atoms with van der Waals surface area (Å²) in [6, 6.07) is 10.3. The van der Waals surface area contributed by atoms with Crippen molar-refractivity contribution in [2.75, 3.05) is 27.3 Å². The SMILES string of the molecule is CN(C)C1=CC=C(C2(c3ccccc3)OCC(C)(C)CO2)CC1. The van der Waals surface area contributed by atoms with Crippen LogP contribution >= 0.6 is 0 Å². The van der Waals surface area contributed by atoms with E-state index < -0.39 is 5.79 Å². The molecule has 0 spiro atoms. The molecule has 1 aliphatic heterocycles. The van der Waals surface area contributed by atoms with Crippen molar-refractivity contribution in [1.29, 1.82) is 0 Å². The van der Waals surface area contributed by atoms with Crippen molar-refractivity contribution in [3.8, 4) is 0 Å². The Labute approximate surface area is 139 Å². The van der Waals surface area contributed by atoms with Crippen LogP contribution in [0.2, 0.25) is 0 Å². The lowest BCUT2D eigenvalue weighted by atomic mass is 9.87. The van der Waals surface area contributed by atoms with Crippen molar-refractivity contribution >= 4 is 0 Å². The van der Waals surface area contributed by atoms with Gasteiger partial charge in [-0.25, -0.2) is 0 Å². The second-order valence-electron chi connectivity index (χ2n) is 7.47. The molecule has 3 rings (SSSR count). The molecule has 23 heavy (non-hydrogen) atoms. The first-order chi connectivity index (χ1) is 10.9. The zero-order valence-corrected chi connectivity index (χ0v) is 14.6. The first-order valence-corrected chi connectivity index (χ1v) is 8.34. The third-order valence-corrected chi connectivity index (χ3v) is 4.61. The fourth-order valence-electron chi connectivity index (χ4n) is 3.15. The minimum Gasteiger partial charge on any atom is -0.381 e. The Morgan fingerprint density at radius 3 is 2.09 bits per heavy atom. The van der Waals surface area contributed by atoms with E-state index in [0.29, 0.717) is 13.2 Å². The molecule has 1 aromatic carbocycles. The highest BCUT2D eigenvalue weighted by Gasteiger charge is 2.45. The molecule has 124 valence electrons. The van der Waals surface area contributed by atoms with E-state index in [1.165, 1.54) is 11.3 Å². The summed E-state index contributed by atoms with van der Waals surface area (Å²) in [4.78, 5) is 2.17. The standard InChI is InChI=1S/C20H27NO2/c1-19(2)14-22-20(23-15-19,16-8-6-5-7-9-16)17-10-12-18(13-11-17)21(3)4/h5-10,12H,11,13-15H2,1-4H3. The molecule has 1 aliphatic carbocycles. The average molecular weight is 313 g/mol. The maximum absolute atomic E-state index is 6.37. The van der Waals surface area contributed by atoms with Crippen molar-refractivity contribution in [2.45, 2.75) is 32.5 Å². The molecule has 3 nitrogen and oxygen atoms in total. The fraction of sp³-hybridized carbons (Fsp3) is 0.500. The molecular formula is C20H27NO2. The summed E-state index contributed by atoms with van der Waals surface area (Å²) in [6.45, 7) is 5.76. The lowest BCUT2D eigenvalue weighted by Crippen LogP contribution is -2.47. The normalized spacial score (nSPS) is 23.0. The molecule has 1 fully saturated rings. The number of rotatable bonds is 3. The summed E-state index contributed by atoms with van der Waals surface area (Å²) in [5.74, 6) is -0.731. The number of benzene rings is 1. The van der Waals surface area contributed by atoms with Crippen molar-refractivity contribution in [1.82, 2.24) is 4.90 Å². The zero-order valence-electron chi connectivity index (χ0n) is 14.6. The van der Waals surface area contributed by atoms with Crippen LogP contribution in [0.3, 0.4) is 0 Å². The monoisotopic (exact) mass is 313 g/mol. The van der Waals surface area contributed by atoms with Gasteiger partial charge in [-0.05, 0) is 24.5 Å². The van der Waals surface area contributed by atoms with Gasteiger partial charge in [0.25, 0.3) is 0 Å². The maximum Gasteiger partial charge on any atom is 0.218 e. The van der Waals surface area contributed by atoms with Crippen LogP contribution < -0.4 is 0 Å². The fourth-order valence-corrected chi connectivity index (χ4v) is 3.15. The molecule has 3 heteroatoms. The Kier molecular flexibility index (Phi) is 4.35. The summed E-state index contributed by atoms with van der Waals surface area (Å²) < 4.78 is 12.7. The zero-order chi connectivity index (χ0) is 16.5. The quantitative estimate of drug-likeness (QED) is 0.839. The van der Waals surface area contributed by atoms with Crippen LogP contribution in [0.4, 0.5) is 0 Å². The molecule has 1 heterocycles. The summed E-state index contributed by atoms with van der Waals surface area (Å²) >= 11 is 0. The van der Waals surface area contributed by atoms with E-state index in [9.17, 15) is 0 Å². The van der Waals surface area contributed by atoms with Gasteiger partial charge < -0.3 is 14.4 Å². The summed E-state index contributed by atoms with van der Waals surface area (Å²) in [7, 11) is 4.18.